The molecule has 5 nitrogen and oxygen atoms in total. The molecule has 0 aromatic carbocycles. The van der Waals surface area contributed by atoms with E-state index in [1.54, 1.807) is 0 Å². The molecule has 0 aliphatic rings. The zero-order valence-electron chi connectivity index (χ0n) is 26.9. The molecule has 0 aliphatic carbocycles. The lowest BCUT2D eigenvalue weighted by molar-refractivity contribution is -0.872. The third-order valence-corrected chi connectivity index (χ3v) is 9.89. The molecule has 0 atom stereocenters. The Morgan fingerprint density at radius 1 is 0.538 bits per heavy atom. The van der Waals surface area contributed by atoms with Crippen LogP contribution in [0.2, 0.25) is 0 Å². The van der Waals surface area contributed by atoms with Gasteiger partial charge < -0.3 is 13.5 Å². The summed E-state index contributed by atoms with van der Waals surface area (Å²) in [5.74, 6) is 0. The quantitative estimate of drug-likeness (QED) is 0.0359. The number of nitrogens with zero attached hydrogens (tertiary/aromatic N) is 2. The van der Waals surface area contributed by atoms with Gasteiger partial charge in [0.05, 0.1) is 27.3 Å². The normalized spacial score (nSPS) is 12.2. The highest BCUT2D eigenvalue weighted by Gasteiger charge is 2.34. The minimum Gasteiger partial charge on any atom is -0.307 e. The van der Waals surface area contributed by atoms with Crippen molar-refractivity contribution in [3.8, 4) is 6.07 Å². The van der Waals surface area contributed by atoms with E-state index < -0.39 is 7.60 Å². The van der Waals surface area contributed by atoms with Gasteiger partial charge in [-0.15, -0.1) is 0 Å². The van der Waals surface area contributed by atoms with Crippen molar-refractivity contribution >= 4 is 7.60 Å². The van der Waals surface area contributed by atoms with Crippen molar-refractivity contribution < 1.29 is 18.1 Å². The standard InChI is InChI=1S/C33H68N2O3P/c1-5-7-9-11-13-15-17-19-21-23-25-27-31-37-39(36,33-35(3,4)30-29-34)38-32-28-26-24-22-20-18-16-14-12-10-8-6-2/h5-28,30-33H2,1-4H3/q+1. The van der Waals surface area contributed by atoms with Gasteiger partial charge in [0, 0.05) is 0 Å². The van der Waals surface area contributed by atoms with E-state index in [1.165, 1.54) is 128 Å². The number of unbranched alkanes of at least 4 members (excludes halogenated alkanes) is 22. The number of rotatable bonds is 31. The van der Waals surface area contributed by atoms with Crippen molar-refractivity contribution in [2.45, 2.75) is 168 Å². The zero-order chi connectivity index (χ0) is 28.9. The largest absolute Gasteiger partial charge is 0.384 e. The number of quaternary nitrogens is 1. The van der Waals surface area contributed by atoms with Gasteiger partial charge in [-0.1, -0.05) is 155 Å². The third-order valence-electron chi connectivity index (χ3n) is 7.63. The Bertz CT molecular complexity index is 572. The van der Waals surface area contributed by atoms with E-state index in [2.05, 4.69) is 19.9 Å². The summed E-state index contributed by atoms with van der Waals surface area (Å²) in [7, 11) is 0.639. The van der Waals surface area contributed by atoms with E-state index >= 15 is 0 Å². The second-order valence-electron chi connectivity index (χ2n) is 12.4. The number of hydrogen-bond donors (Lipinski definition) is 0. The summed E-state index contributed by atoms with van der Waals surface area (Å²) in [5, 5.41) is 9.16. The summed E-state index contributed by atoms with van der Waals surface area (Å²) in [5.41, 5.74) is 0. The molecule has 0 saturated carbocycles. The predicted molar refractivity (Wildman–Crippen MR) is 169 cm³/mol. The summed E-state index contributed by atoms with van der Waals surface area (Å²) in [6, 6.07) is 2.21. The fourth-order valence-corrected chi connectivity index (χ4v) is 7.21. The summed E-state index contributed by atoms with van der Waals surface area (Å²) >= 11 is 0. The highest BCUT2D eigenvalue weighted by molar-refractivity contribution is 7.53. The van der Waals surface area contributed by atoms with Crippen LogP contribution in [0.4, 0.5) is 0 Å². The lowest BCUT2D eigenvalue weighted by atomic mass is 10.1. The third kappa shape index (κ3) is 27.5. The van der Waals surface area contributed by atoms with Gasteiger partial charge in [-0.3, -0.25) is 4.57 Å². The molecule has 0 aromatic rings. The SMILES string of the molecule is CCCCCCCCCCCCCCOP(=O)(C[N+](C)(C)CC#N)OCCCCCCCCCCCCCC. The van der Waals surface area contributed by atoms with Crippen LogP contribution in [-0.4, -0.2) is 44.6 Å². The lowest BCUT2D eigenvalue weighted by Gasteiger charge is -2.30. The summed E-state index contributed by atoms with van der Waals surface area (Å²) in [6.45, 7) is 5.81. The van der Waals surface area contributed by atoms with E-state index in [0.29, 0.717) is 24.2 Å². The van der Waals surface area contributed by atoms with Gasteiger partial charge in [0.25, 0.3) is 0 Å². The molecular formula is C33H68N2O3P+. The Labute approximate surface area is 244 Å². The maximum absolute atomic E-state index is 13.5. The minimum absolute atomic E-state index is 0.261. The van der Waals surface area contributed by atoms with Crippen molar-refractivity contribution in [2.24, 2.45) is 0 Å². The van der Waals surface area contributed by atoms with Gasteiger partial charge >= 0.3 is 7.60 Å². The average molecular weight is 572 g/mol. The van der Waals surface area contributed by atoms with E-state index in [0.717, 1.165) is 25.7 Å². The molecular weight excluding hydrogens is 503 g/mol. The lowest BCUT2D eigenvalue weighted by Crippen LogP contribution is -2.41. The fourth-order valence-electron chi connectivity index (χ4n) is 5.12. The first-order valence-electron chi connectivity index (χ1n) is 17.0. The topological polar surface area (TPSA) is 59.3 Å². The molecule has 0 saturated heterocycles. The molecule has 0 radical (unpaired) electrons. The van der Waals surface area contributed by atoms with Gasteiger partial charge in [-0.05, 0) is 12.8 Å². The molecule has 0 aromatic heterocycles. The predicted octanol–water partition coefficient (Wildman–Crippen LogP) is 11.2. The first-order valence-corrected chi connectivity index (χ1v) is 18.7. The molecule has 0 heterocycles. The highest BCUT2D eigenvalue weighted by atomic mass is 31.2. The van der Waals surface area contributed by atoms with Crippen LogP contribution in [-0.2, 0) is 13.6 Å². The number of nitriles is 1. The van der Waals surface area contributed by atoms with Crippen LogP contribution in [0.15, 0.2) is 0 Å². The van der Waals surface area contributed by atoms with Crippen molar-refractivity contribution in [1.29, 1.82) is 5.26 Å². The molecule has 0 rings (SSSR count). The van der Waals surface area contributed by atoms with Gasteiger partial charge in [0.2, 0.25) is 0 Å². The first kappa shape index (κ1) is 38.6. The van der Waals surface area contributed by atoms with Crippen molar-refractivity contribution in [1.82, 2.24) is 0 Å². The Morgan fingerprint density at radius 3 is 1.10 bits per heavy atom. The van der Waals surface area contributed by atoms with E-state index in [1.807, 2.05) is 14.1 Å². The first-order chi connectivity index (χ1) is 18.9. The Balaban J connectivity index is 4.02. The van der Waals surface area contributed by atoms with Crippen LogP contribution >= 0.6 is 7.60 Å². The Morgan fingerprint density at radius 2 is 0.821 bits per heavy atom. The van der Waals surface area contributed by atoms with E-state index in [4.69, 9.17) is 14.3 Å². The molecule has 0 bridgehead atoms. The molecule has 0 amide bonds. The molecule has 39 heavy (non-hydrogen) atoms. The van der Waals surface area contributed by atoms with E-state index in [-0.39, 0.29) is 6.29 Å². The van der Waals surface area contributed by atoms with Gasteiger partial charge in [-0.25, -0.2) is 0 Å². The maximum atomic E-state index is 13.5. The minimum atomic E-state index is -3.21. The summed E-state index contributed by atoms with van der Waals surface area (Å²) < 4.78 is 25.7. The van der Waals surface area contributed by atoms with Crippen molar-refractivity contribution in [3.05, 3.63) is 0 Å². The second kappa shape index (κ2) is 27.8. The molecule has 0 spiro atoms. The Kier molecular flexibility index (Phi) is 27.5. The van der Waals surface area contributed by atoms with Crippen LogP contribution in [0, 0.1) is 11.3 Å². The van der Waals surface area contributed by atoms with Crippen LogP contribution in [0.3, 0.4) is 0 Å². The second-order valence-corrected chi connectivity index (χ2v) is 14.5. The smallest absolute Gasteiger partial charge is 0.307 e. The Hall–Kier alpha value is -0.400. The molecule has 0 fully saturated rings. The fraction of sp³-hybridized carbons (Fsp3) is 0.970. The van der Waals surface area contributed by atoms with Crippen LogP contribution in [0.25, 0.3) is 0 Å². The summed E-state index contributed by atoms with van der Waals surface area (Å²) in [4.78, 5) is 0. The molecule has 232 valence electrons. The molecule has 0 unspecified atom stereocenters. The molecule has 6 heteroatoms. The van der Waals surface area contributed by atoms with Crippen LogP contribution in [0.1, 0.15) is 168 Å². The molecule has 0 aliphatic heterocycles. The van der Waals surface area contributed by atoms with Crippen LogP contribution < -0.4 is 0 Å². The highest BCUT2D eigenvalue weighted by Crippen LogP contribution is 2.50. The van der Waals surface area contributed by atoms with Gasteiger partial charge in [0.15, 0.2) is 12.8 Å². The maximum Gasteiger partial charge on any atom is 0.384 e. The summed E-state index contributed by atoms with van der Waals surface area (Å²) in [6.07, 6.45) is 31.3. The van der Waals surface area contributed by atoms with Gasteiger partial charge in [-0.2, -0.15) is 5.26 Å². The average Bonchev–Trinajstić information content (AvgIpc) is 2.89. The van der Waals surface area contributed by atoms with E-state index in [9.17, 15) is 4.57 Å². The van der Waals surface area contributed by atoms with Crippen LogP contribution in [0.5, 0.6) is 0 Å². The van der Waals surface area contributed by atoms with Gasteiger partial charge in [0.1, 0.15) is 6.07 Å². The monoisotopic (exact) mass is 571 g/mol. The van der Waals surface area contributed by atoms with Crippen molar-refractivity contribution in [2.75, 3.05) is 40.1 Å². The van der Waals surface area contributed by atoms with Crippen molar-refractivity contribution in [3.63, 3.8) is 0 Å². The number of hydrogen-bond acceptors (Lipinski definition) is 4. The molecule has 0 N–H and O–H groups in total. The zero-order valence-corrected chi connectivity index (χ0v) is 27.8.